The Morgan fingerprint density at radius 1 is 1.60 bits per heavy atom. The summed E-state index contributed by atoms with van der Waals surface area (Å²) in [6.45, 7) is 3.92. The van der Waals surface area contributed by atoms with E-state index in [9.17, 15) is 4.79 Å². The van der Waals surface area contributed by atoms with Gasteiger partial charge in [0.2, 0.25) is 0 Å². The smallest absolute Gasteiger partial charge is 0.341 e. The normalized spacial score (nSPS) is 12.1. The van der Waals surface area contributed by atoms with Crippen molar-refractivity contribution in [1.29, 1.82) is 0 Å². The van der Waals surface area contributed by atoms with Crippen LogP contribution in [0.15, 0.2) is 24.5 Å². The third-order valence-corrected chi connectivity index (χ3v) is 2.01. The lowest BCUT2D eigenvalue weighted by atomic mass is 10.3. The second-order valence-electron chi connectivity index (χ2n) is 3.18. The molecule has 4 heteroatoms. The molecule has 0 aliphatic heterocycles. The quantitative estimate of drug-likeness (QED) is 0.549. The largest absolute Gasteiger partial charge is 0.435 e. The molecule has 1 unspecified atom stereocenters. The van der Waals surface area contributed by atoms with E-state index in [0.29, 0.717) is 5.56 Å². The summed E-state index contributed by atoms with van der Waals surface area (Å²) >= 11 is 0. The molecule has 82 valence electrons. The number of hydrogen-bond acceptors (Lipinski definition) is 4. The summed E-state index contributed by atoms with van der Waals surface area (Å²) in [5.74, 6) is -0.411. The lowest BCUT2D eigenvalue weighted by molar-refractivity contribution is -0.0603. The fraction of sp³-hybridized carbons (Fsp3) is 0.455. The summed E-state index contributed by atoms with van der Waals surface area (Å²) in [6, 6.07) is 3.34. The first kappa shape index (κ1) is 11.7. The zero-order chi connectivity index (χ0) is 11.1. The molecular weight excluding hydrogens is 194 g/mol. The SMILES string of the molecule is CCC(C)OCOC(=O)c1cccnc1. The fourth-order valence-electron chi connectivity index (χ4n) is 0.888. The number of esters is 1. The Hall–Kier alpha value is -1.42. The van der Waals surface area contributed by atoms with Gasteiger partial charge in [-0.1, -0.05) is 6.92 Å². The Balaban J connectivity index is 2.31. The minimum absolute atomic E-state index is 0.0112. The van der Waals surface area contributed by atoms with E-state index in [1.807, 2.05) is 13.8 Å². The molecule has 1 rings (SSSR count). The van der Waals surface area contributed by atoms with Crippen molar-refractivity contribution >= 4 is 5.97 Å². The van der Waals surface area contributed by atoms with Crippen molar-refractivity contribution in [2.24, 2.45) is 0 Å². The molecule has 0 radical (unpaired) electrons. The van der Waals surface area contributed by atoms with Crippen LogP contribution in [0.5, 0.6) is 0 Å². The van der Waals surface area contributed by atoms with Crippen LogP contribution < -0.4 is 0 Å². The average Bonchev–Trinajstić information content (AvgIpc) is 2.29. The van der Waals surface area contributed by atoms with Gasteiger partial charge in [-0.2, -0.15) is 0 Å². The van der Waals surface area contributed by atoms with E-state index in [-0.39, 0.29) is 12.9 Å². The van der Waals surface area contributed by atoms with Crippen LogP contribution in [0, 0.1) is 0 Å². The number of ether oxygens (including phenoxy) is 2. The first-order valence-corrected chi connectivity index (χ1v) is 4.92. The van der Waals surface area contributed by atoms with Crippen molar-refractivity contribution in [2.45, 2.75) is 26.4 Å². The lowest BCUT2D eigenvalue weighted by Gasteiger charge is -2.10. The van der Waals surface area contributed by atoms with Crippen LogP contribution in [-0.2, 0) is 9.47 Å². The number of hydrogen-bond donors (Lipinski definition) is 0. The summed E-state index contributed by atoms with van der Waals surface area (Å²) in [4.78, 5) is 15.2. The number of carbonyl (C=O) groups excluding carboxylic acids is 1. The predicted molar refractivity (Wildman–Crippen MR) is 55.4 cm³/mol. The Labute approximate surface area is 89.2 Å². The van der Waals surface area contributed by atoms with Crippen molar-refractivity contribution in [2.75, 3.05) is 6.79 Å². The van der Waals surface area contributed by atoms with Gasteiger partial charge in [-0.3, -0.25) is 4.98 Å². The third kappa shape index (κ3) is 4.08. The van der Waals surface area contributed by atoms with Crippen molar-refractivity contribution in [3.63, 3.8) is 0 Å². The van der Waals surface area contributed by atoms with Gasteiger partial charge >= 0.3 is 5.97 Å². The Bertz CT molecular complexity index is 300. The highest BCUT2D eigenvalue weighted by Gasteiger charge is 2.07. The number of aromatic nitrogens is 1. The van der Waals surface area contributed by atoms with Crippen molar-refractivity contribution in [3.05, 3.63) is 30.1 Å². The van der Waals surface area contributed by atoms with Crippen LogP contribution in [0.25, 0.3) is 0 Å². The molecule has 1 atom stereocenters. The summed E-state index contributed by atoms with van der Waals surface area (Å²) < 4.78 is 10.1. The Morgan fingerprint density at radius 3 is 3.00 bits per heavy atom. The van der Waals surface area contributed by atoms with Gasteiger partial charge in [0.25, 0.3) is 0 Å². The minimum Gasteiger partial charge on any atom is -0.435 e. The first-order chi connectivity index (χ1) is 7.24. The Kier molecular flexibility index (Phi) is 4.77. The van der Waals surface area contributed by atoms with Gasteiger partial charge in [0.15, 0.2) is 6.79 Å². The van der Waals surface area contributed by atoms with E-state index in [1.165, 1.54) is 6.20 Å². The van der Waals surface area contributed by atoms with Gasteiger partial charge in [0.05, 0.1) is 11.7 Å². The highest BCUT2D eigenvalue weighted by molar-refractivity contribution is 5.88. The summed E-state index contributed by atoms with van der Waals surface area (Å²) in [5.41, 5.74) is 0.435. The average molecular weight is 209 g/mol. The maximum atomic E-state index is 11.4. The van der Waals surface area contributed by atoms with E-state index in [4.69, 9.17) is 9.47 Å². The summed E-state index contributed by atoms with van der Waals surface area (Å²) in [5, 5.41) is 0. The molecule has 15 heavy (non-hydrogen) atoms. The summed E-state index contributed by atoms with van der Waals surface area (Å²) in [6.07, 6.45) is 4.06. The van der Waals surface area contributed by atoms with E-state index in [1.54, 1.807) is 18.3 Å². The molecule has 0 saturated heterocycles. The molecule has 0 amide bonds. The molecule has 0 bridgehead atoms. The molecule has 0 saturated carbocycles. The molecule has 1 heterocycles. The zero-order valence-electron chi connectivity index (χ0n) is 8.97. The first-order valence-electron chi connectivity index (χ1n) is 4.92. The fourth-order valence-corrected chi connectivity index (χ4v) is 0.888. The second-order valence-corrected chi connectivity index (χ2v) is 3.18. The molecule has 1 aromatic heterocycles. The van der Waals surface area contributed by atoms with Gasteiger partial charge in [-0.25, -0.2) is 4.79 Å². The molecule has 4 nitrogen and oxygen atoms in total. The van der Waals surface area contributed by atoms with Gasteiger partial charge in [0.1, 0.15) is 0 Å². The summed E-state index contributed by atoms with van der Waals surface area (Å²) in [7, 11) is 0. The molecular formula is C11H15NO3. The monoisotopic (exact) mass is 209 g/mol. The topological polar surface area (TPSA) is 48.4 Å². The highest BCUT2D eigenvalue weighted by atomic mass is 16.7. The van der Waals surface area contributed by atoms with Crippen LogP contribution in [0.3, 0.4) is 0 Å². The van der Waals surface area contributed by atoms with E-state index >= 15 is 0 Å². The van der Waals surface area contributed by atoms with Crippen molar-refractivity contribution in [3.8, 4) is 0 Å². The van der Waals surface area contributed by atoms with Crippen molar-refractivity contribution < 1.29 is 14.3 Å². The number of nitrogens with zero attached hydrogens (tertiary/aromatic N) is 1. The number of pyridine rings is 1. The molecule has 0 spiro atoms. The minimum atomic E-state index is -0.411. The van der Waals surface area contributed by atoms with E-state index in [0.717, 1.165) is 6.42 Å². The van der Waals surface area contributed by atoms with Crippen molar-refractivity contribution in [1.82, 2.24) is 4.98 Å². The maximum absolute atomic E-state index is 11.4. The number of carbonyl (C=O) groups is 1. The Morgan fingerprint density at radius 2 is 2.40 bits per heavy atom. The molecule has 0 aliphatic carbocycles. The molecule has 1 aromatic rings. The lowest BCUT2D eigenvalue weighted by Crippen LogP contribution is -2.14. The highest BCUT2D eigenvalue weighted by Crippen LogP contribution is 2.01. The van der Waals surface area contributed by atoms with E-state index < -0.39 is 5.97 Å². The molecule has 0 N–H and O–H groups in total. The molecule has 0 aliphatic rings. The number of rotatable bonds is 5. The maximum Gasteiger partial charge on any atom is 0.341 e. The van der Waals surface area contributed by atoms with Gasteiger partial charge < -0.3 is 9.47 Å². The van der Waals surface area contributed by atoms with Gasteiger partial charge in [-0.05, 0) is 25.5 Å². The van der Waals surface area contributed by atoms with Gasteiger partial charge in [0, 0.05) is 12.4 Å². The van der Waals surface area contributed by atoms with Crippen LogP contribution >= 0.6 is 0 Å². The van der Waals surface area contributed by atoms with Gasteiger partial charge in [-0.15, -0.1) is 0 Å². The third-order valence-electron chi connectivity index (χ3n) is 2.01. The van der Waals surface area contributed by atoms with E-state index in [2.05, 4.69) is 4.98 Å². The molecule has 0 fully saturated rings. The predicted octanol–water partition coefficient (Wildman–Crippen LogP) is 2.01. The van der Waals surface area contributed by atoms with Crippen LogP contribution in [0.2, 0.25) is 0 Å². The second kappa shape index (κ2) is 6.14. The van der Waals surface area contributed by atoms with Crippen LogP contribution in [0.4, 0.5) is 0 Å². The zero-order valence-corrected chi connectivity index (χ0v) is 8.97. The van der Waals surface area contributed by atoms with Crippen LogP contribution in [0.1, 0.15) is 30.6 Å². The van der Waals surface area contributed by atoms with Crippen LogP contribution in [-0.4, -0.2) is 23.9 Å². The molecule has 0 aromatic carbocycles. The standard InChI is InChI=1S/C11H15NO3/c1-3-9(2)14-8-15-11(13)10-5-4-6-12-7-10/h4-7,9H,3,8H2,1-2H3.